The molecule has 11 heteroatoms. The number of carbonyl (C=O) groups is 3. The van der Waals surface area contributed by atoms with Gasteiger partial charge in [0.15, 0.2) is 0 Å². The highest BCUT2D eigenvalue weighted by Gasteiger charge is 2.59. The molecule has 4 aliphatic rings. The number of likely N-dealkylation sites (tertiary alicyclic amines) is 1. The van der Waals surface area contributed by atoms with E-state index in [1.165, 1.54) is 0 Å². The monoisotopic (exact) mass is 509 g/mol. The van der Waals surface area contributed by atoms with Crippen molar-refractivity contribution in [3.05, 3.63) is 18.0 Å². The molecule has 1 saturated carbocycles. The van der Waals surface area contributed by atoms with Crippen LogP contribution in [-0.4, -0.2) is 64.0 Å². The van der Waals surface area contributed by atoms with Crippen molar-refractivity contribution in [1.82, 2.24) is 25.7 Å². The molecular formula is C26H35N7O4. The highest BCUT2D eigenvalue weighted by molar-refractivity contribution is 5.92. The van der Waals surface area contributed by atoms with Gasteiger partial charge in [-0.1, -0.05) is 38.0 Å². The number of amides is 3. The van der Waals surface area contributed by atoms with Crippen LogP contribution in [0, 0.1) is 53.3 Å². The summed E-state index contributed by atoms with van der Waals surface area (Å²) < 4.78 is 5.49. The van der Waals surface area contributed by atoms with Crippen LogP contribution in [0.4, 0.5) is 6.01 Å². The number of nitriles is 1. The molecule has 2 aliphatic carbocycles. The Balaban J connectivity index is 1.39. The number of nitrogens with one attached hydrogen (secondary N) is 3. The van der Waals surface area contributed by atoms with Gasteiger partial charge in [-0.25, -0.2) is 0 Å². The minimum atomic E-state index is -0.801. The molecule has 0 radical (unpaired) electrons. The number of nitrogens with zero attached hydrogens (tertiary/aromatic N) is 4. The molecular weight excluding hydrogens is 474 g/mol. The minimum Gasteiger partial charge on any atom is -0.408 e. The van der Waals surface area contributed by atoms with Crippen LogP contribution < -0.4 is 16.0 Å². The zero-order chi connectivity index (χ0) is 26.5. The Bertz CT molecular complexity index is 1150. The van der Waals surface area contributed by atoms with E-state index >= 15 is 0 Å². The molecule has 2 saturated heterocycles. The summed E-state index contributed by atoms with van der Waals surface area (Å²) in [5, 5.41) is 26.4. The Morgan fingerprint density at radius 2 is 2.05 bits per heavy atom. The molecule has 198 valence electrons. The normalized spacial score (nSPS) is 31.5. The Morgan fingerprint density at radius 1 is 1.30 bits per heavy atom. The summed E-state index contributed by atoms with van der Waals surface area (Å²) >= 11 is 0. The van der Waals surface area contributed by atoms with E-state index < -0.39 is 23.5 Å². The van der Waals surface area contributed by atoms with Crippen LogP contribution >= 0.6 is 0 Å². The van der Waals surface area contributed by atoms with Crippen LogP contribution in [-0.2, 0) is 14.4 Å². The highest BCUT2D eigenvalue weighted by atomic mass is 16.4. The van der Waals surface area contributed by atoms with E-state index in [-0.39, 0.29) is 53.8 Å². The summed E-state index contributed by atoms with van der Waals surface area (Å²) in [5.74, 6) is 0.241. The molecule has 8 atom stereocenters. The molecule has 3 amide bonds. The van der Waals surface area contributed by atoms with Gasteiger partial charge in [0.1, 0.15) is 18.1 Å². The lowest BCUT2D eigenvalue weighted by atomic mass is 9.81. The van der Waals surface area contributed by atoms with Crippen molar-refractivity contribution in [2.45, 2.75) is 65.1 Å². The van der Waals surface area contributed by atoms with E-state index in [0.29, 0.717) is 31.3 Å². The number of aryl methyl sites for hydroxylation is 1. The SMILES string of the molecule is Cc1nnc(N[C@H](C(=O)N2C[C@H]3[C@@H]([C@H]2C(=O)N[C@H](C#N)C[C@@H]2CCNC2=O)[C@H]2C=C[C@@H]3C2)C(C)(C)C)o1. The first-order valence-corrected chi connectivity index (χ1v) is 13.1. The molecule has 3 N–H and O–H groups in total. The Kier molecular flexibility index (Phi) is 6.46. The van der Waals surface area contributed by atoms with Crippen molar-refractivity contribution >= 4 is 23.7 Å². The lowest BCUT2D eigenvalue weighted by Gasteiger charge is -2.36. The van der Waals surface area contributed by atoms with Crippen molar-refractivity contribution in [3.8, 4) is 6.07 Å². The second kappa shape index (κ2) is 9.47. The van der Waals surface area contributed by atoms with Crippen LogP contribution in [0.2, 0.25) is 0 Å². The van der Waals surface area contributed by atoms with Gasteiger partial charge in [-0.3, -0.25) is 14.4 Å². The number of fused-ring (bicyclic) bond motifs is 5. The third kappa shape index (κ3) is 4.69. The predicted molar refractivity (Wildman–Crippen MR) is 132 cm³/mol. The standard InChI is InChI=1S/C26H35N7O4/c1-13-31-32-25(37-13)30-21(26(2,3)4)24(36)33-12-18-14-5-6-15(9-14)19(18)20(33)23(35)29-17(11-27)10-16-7-8-28-22(16)34/h5-6,14-21H,7-10,12H2,1-4H3,(H,28,34)(H,29,35)(H,30,32)/t14-,15+,16+,17+,18-,19+,20+,21-/m1/s1. The first-order chi connectivity index (χ1) is 17.6. The summed E-state index contributed by atoms with van der Waals surface area (Å²) in [6.07, 6.45) is 6.29. The molecule has 0 unspecified atom stereocenters. The summed E-state index contributed by atoms with van der Waals surface area (Å²) in [6, 6.07) is 0.112. The molecule has 11 nitrogen and oxygen atoms in total. The van der Waals surface area contributed by atoms with Crippen molar-refractivity contribution in [2.24, 2.45) is 35.0 Å². The van der Waals surface area contributed by atoms with Crippen LogP contribution in [0.3, 0.4) is 0 Å². The molecule has 37 heavy (non-hydrogen) atoms. The van der Waals surface area contributed by atoms with Gasteiger partial charge < -0.3 is 25.3 Å². The first kappa shape index (κ1) is 25.2. The van der Waals surface area contributed by atoms with Gasteiger partial charge in [0.25, 0.3) is 0 Å². The zero-order valence-corrected chi connectivity index (χ0v) is 21.7. The Hall–Kier alpha value is -3.42. The lowest BCUT2D eigenvalue weighted by molar-refractivity contribution is -0.142. The molecule has 2 bridgehead atoms. The van der Waals surface area contributed by atoms with Crippen molar-refractivity contribution in [2.75, 3.05) is 18.4 Å². The molecule has 2 aliphatic heterocycles. The topological polar surface area (TPSA) is 153 Å². The van der Waals surface area contributed by atoms with Gasteiger partial charge in [0, 0.05) is 25.9 Å². The van der Waals surface area contributed by atoms with Gasteiger partial charge in [-0.15, -0.1) is 5.10 Å². The molecule has 3 heterocycles. The molecule has 1 aromatic heterocycles. The van der Waals surface area contributed by atoms with E-state index in [9.17, 15) is 19.6 Å². The summed E-state index contributed by atoms with van der Waals surface area (Å²) in [7, 11) is 0. The van der Waals surface area contributed by atoms with Gasteiger partial charge in [0.05, 0.1) is 6.07 Å². The van der Waals surface area contributed by atoms with Crippen molar-refractivity contribution in [3.63, 3.8) is 0 Å². The summed E-state index contributed by atoms with van der Waals surface area (Å²) in [4.78, 5) is 41.7. The highest BCUT2D eigenvalue weighted by Crippen LogP contribution is 2.54. The molecule has 3 fully saturated rings. The van der Waals surface area contributed by atoms with Gasteiger partial charge in [-0.05, 0) is 48.3 Å². The van der Waals surface area contributed by atoms with Crippen molar-refractivity contribution < 1.29 is 18.8 Å². The molecule has 0 spiro atoms. The lowest BCUT2D eigenvalue weighted by Crippen LogP contribution is -2.57. The summed E-state index contributed by atoms with van der Waals surface area (Å²) in [5.41, 5.74) is -0.513. The number of allylic oxidation sites excluding steroid dienone is 2. The average molecular weight is 510 g/mol. The quantitative estimate of drug-likeness (QED) is 0.466. The van der Waals surface area contributed by atoms with Gasteiger partial charge in [0.2, 0.25) is 23.6 Å². The Morgan fingerprint density at radius 3 is 2.68 bits per heavy atom. The number of hydrogen-bond donors (Lipinski definition) is 3. The first-order valence-electron chi connectivity index (χ1n) is 13.1. The van der Waals surface area contributed by atoms with E-state index in [1.54, 1.807) is 11.8 Å². The van der Waals surface area contributed by atoms with E-state index in [0.717, 1.165) is 6.42 Å². The van der Waals surface area contributed by atoms with Crippen LogP contribution in [0.25, 0.3) is 0 Å². The number of rotatable bonds is 7. The van der Waals surface area contributed by atoms with Gasteiger partial charge >= 0.3 is 6.01 Å². The van der Waals surface area contributed by atoms with Crippen LogP contribution in [0.1, 0.15) is 45.9 Å². The second-order valence-corrected chi connectivity index (χ2v) is 11.9. The number of carbonyl (C=O) groups excluding carboxylic acids is 3. The number of aromatic nitrogens is 2. The molecule has 5 rings (SSSR count). The fourth-order valence-electron chi connectivity index (χ4n) is 6.63. The van der Waals surface area contributed by atoms with Gasteiger partial charge in [-0.2, -0.15) is 5.26 Å². The Labute approximate surface area is 216 Å². The maximum absolute atomic E-state index is 14.1. The largest absolute Gasteiger partial charge is 0.408 e. The van der Waals surface area contributed by atoms with Crippen molar-refractivity contribution in [1.29, 1.82) is 5.26 Å². The fourth-order valence-corrected chi connectivity index (χ4v) is 6.63. The average Bonchev–Trinajstić information content (AvgIpc) is 3.64. The second-order valence-electron chi connectivity index (χ2n) is 11.9. The van der Waals surface area contributed by atoms with E-state index in [4.69, 9.17) is 4.42 Å². The van der Waals surface area contributed by atoms with Crippen LogP contribution in [0.15, 0.2) is 16.6 Å². The number of hydrogen-bond acceptors (Lipinski definition) is 8. The number of anilines is 1. The summed E-state index contributed by atoms with van der Waals surface area (Å²) in [6.45, 7) is 8.58. The third-order valence-electron chi connectivity index (χ3n) is 8.41. The predicted octanol–water partition coefficient (Wildman–Crippen LogP) is 1.39. The third-order valence-corrected chi connectivity index (χ3v) is 8.41. The molecule has 0 aromatic carbocycles. The maximum Gasteiger partial charge on any atom is 0.316 e. The van der Waals surface area contributed by atoms with Crippen LogP contribution in [0.5, 0.6) is 0 Å². The van der Waals surface area contributed by atoms with E-state index in [1.807, 2.05) is 20.8 Å². The zero-order valence-electron chi connectivity index (χ0n) is 21.7. The smallest absolute Gasteiger partial charge is 0.316 e. The molecule has 1 aromatic rings. The van der Waals surface area contributed by atoms with E-state index in [2.05, 4.69) is 44.4 Å². The fraction of sp³-hybridized carbons (Fsp3) is 0.692. The minimum absolute atomic E-state index is 0.000612. The maximum atomic E-state index is 14.1.